The monoisotopic (exact) mass is 362 g/mol. The number of urea groups is 1. The molecule has 0 spiro atoms. The van der Waals surface area contributed by atoms with Crippen molar-refractivity contribution < 1.29 is 14.7 Å². The van der Waals surface area contributed by atoms with Gasteiger partial charge in [0.05, 0.1) is 5.69 Å². The number of aliphatic carboxylic acids is 1. The number of hydrogen-bond donors (Lipinski definition) is 3. The summed E-state index contributed by atoms with van der Waals surface area (Å²) in [6.45, 7) is 3.64. The highest BCUT2D eigenvalue weighted by molar-refractivity contribution is 9.10. The van der Waals surface area contributed by atoms with Crippen molar-refractivity contribution in [2.75, 3.05) is 5.32 Å². The fraction of sp³-hybridized carbons (Fsp3) is 0.385. The third-order valence-corrected chi connectivity index (χ3v) is 3.87. The van der Waals surface area contributed by atoms with Gasteiger partial charge in [-0.15, -0.1) is 0 Å². The van der Waals surface area contributed by atoms with Crippen molar-refractivity contribution in [3.8, 4) is 0 Å². The number of carboxylic acids is 1. The lowest BCUT2D eigenvalue weighted by molar-refractivity contribution is -0.140. The molecule has 0 unspecified atom stereocenters. The quantitative estimate of drug-likeness (QED) is 0.746. The number of carbonyl (C=O) groups is 2. The van der Waals surface area contributed by atoms with Crippen molar-refractivity contribution in [2.45, 2.75) is 26.3 Å². The molecular weight excluding hydrogens is 348 g/mol. The molecule has 0 aromatic heterocycles. The Balaban J connectivity index is 2.75. The summed E-state index contributed by atoms with van der Waals surface area (Å²) in [4.78, 5) is 23.0. The van der Waals surface area contributed by atoms with Gasteiger partial charge >= 0.3 is 12.0 Å². The third-order valence-electron chi connectivity index (χ3n) is 2.94. The Morgan fingerprint density at radius 2 is 2.10 bits per heavy atom. The second kappa shape index (κ2) is 7.50. The maximum absolute atomic E-state index is 11.9. The molecule has 2 amide bonds. The van der Waals surface area contributed by atoms with Crippen molar-refractivity contribution in [3.63, 3.8) is 0 Å². The zero-order valence-electron chi connectivity index (χ0n) is 11.1. The van der Waals surface area contributed by atoms with Crippen molar-refractivity contribution in [2.24, 2.45) is 5.92 Å². The molecule has 0 aliphatic carbocycles. The highest BCUT2D eigenvalue weighted by atomic mass is 79.9. The Bertz CT molecular complexity index is 510. The van der Waals surface area contributed by atoms with Crippen LogP contribution >= 0.6 is 27.5 Å². The summed E-state index contributed by atoms with van der Waals surface area (Å²) in [7, 11) is 0. The second-order valence-electron chi connectivity index (χ2n) is 4.42. The van der Waals surface area contributed by atoms with Gasteiger partial charge in [-0.05, 0) is 40.0 Å². The first-order valence-corrected chi connectivity index (χ1v) is 7.27. The Kier molecular flexibility index (Phi) is 6.29. The van der Waals surface area contributed by atoms with Gasteiger partial charge in [-0.2, -0.15) is 0 Å². The molecule has 1 aromatic rings. The number of carbonyl (C=O) groups excluding carboxylic acids is 1. The average Bonchev–Trinajstić information content (AvgIpc) is 2.39. The Hall–Kier alpha value is -1.27. The molecule has 7 heteroatoms. The molecule has 3 N–H and O–H groups in total. The van der Waals surface area contributed by atoms with Crippen molar-refractivity contribution in [1.29, 1.82) is 0 Å². The molecule has 0 heterocycles. The molecule has 0 radical (unpaired) electrons. The molecule has 0 saturated heterocycles. The Morgan fingerprint density at radius 1 is 1.45 bits per heavy atom. The summed E-state index contributed by atoms with van der Waals surface area (Å²) in [5, 5.41) is 14.6. The molecule has 110 valence electrons. The van der Waals surface area contributed by atoms with Crippen LogP contribution in [0.2, 0.25) is 5.02 Å². The van der Waals surface area contributed by atoms with Gasteiger partial charge in [0.2, 0.25) is 0 Å². The number of rotatable bonds is 5. The van der Waals surface area contributed by atoms with Crippen molar-refractivity contribution in [1.82, 2.24) is 5.32 Å². The number of carboxylic acid groups (broad SMARTS) is 1. The lowest BCUT2D eigenvalue weighted by Crippen LogP contribution is -2.46. The van der Waals surface area contributed by atoms with E-state index in [-0.39, 0.29) is 5.92 Å². The number of anilines is 1. The minimum atomic E-state index is -1.06. The van der Waals surface area contributed by atoms with E-state index in [4.69, 9.17) is 16.7 Å². The number of amides is 2. The van der Waals surface area contributed by atoms with Gasteiger partial charge in [0.1, 0.15) is 6.04 Å². The highest BCUT2D eigenvalue weighted by Gasteiger charge is 2.25. The van der Waals surface area contributed by atoms with E-state index < -0.39 is 18.0 Å². The molecule has 0 aliphatic heterocycles. The smallest absolute Gasteiger partial charge is 0.326 e. The topological polar surface area (TPSA) is 78.4 Å². The fourth-order valence-corrected chi connectivity index (χ4v) is 2.09. The minimum Gasteiger partial charge on any atom is -0.480 e. The average molecular weight is 364 g/mol. The van der Waals surface area contributed by atoms with Crippen LogP contribution in [-0.4, -0.2) is 23.1 Å². The van der Waals surface area contributed by atoms with Crippen LogP contribution in [-0.2, 0) is 4.79 Å². The van der Waals surface area contributed by atoms with Crippen LogP contribution < -0.4 is 10.6 Å². The van der Waals surface area contributed by atoms with Gasteiger partial charge in [0, 0.05) is 9.50 Å². The molecule has 0 bridgehead atoms. The van der Waals surface area contributed by atoms with E-state index in [1.54, 1.807) is 25.1 Å². The molecule has 0 fully saturated rings. The van der Waals surface area contributed by atoms with Gasteiger partial charge in [-0.25, -0.2) is 9.59 Å². The van der Waals surface area contributed by atoms with E-state index in [1.165, 1.54) is 0 Å². The van der Waals surface area contributed by atoms with Crippen LogP contribution in [0.15, 0.2) is 22.7 Å². The SMILES string of the molecule is CC[C@H](C)[C@H](NC(=O)Nc1cc(Cl)ccc1Br)C(=O)O. The third kappa shape index (κ3) is 4.68. The number of benzene rings is 1. The first kappa shape index (κ1) is 16.8. The van der Waals surface area contributed by atoms with Crippen LogP contribution in [0.3, 0.4) is 0 Å². The summed E-state index contributed by atoms with van der Waals surface area (Å²) in [5.41, 5.74) is 0.475. The molecule has 0 aliphatic rings. The van der Waals surface area contributed by atoms with Gasteiger partial charge < -0.3 is 15.7 Å². The highest BCUT2D eigenvalue weighted by Crippen LogP contribution is 2.25. The maximum Gasteiger partial charge on any atom is 0.326 e. The number of hydrogen-bond acceptors (Lipinski definition) is 2. The van der Waals surface area contributed by atoms with Crippen LogP contribution in [0.25, 0.3) is 0 Å². The molecule has 1 aromatic carbocycles. The van der Waals surface area contributed by atoms with Crippen molar-refractivity contribution >= 4 is 45.2 Å². The molecule has 0 saturated carbocycles. The van der Waals surface area contributed by atoms with E-state index in [0.717, 1.165) is 0 Å². The molecule has 2 atom stereocenters. The van der Waals surface area contributed by atoms with E-state index in [1.807, 2.05) is 6.92 Å². The summed E-state index contributed by atoms with van der Waals surface area (Å²) >= 11 is 9.12. The van der Waals surface area contributed by atoms with Crippen LogP contribution in [0.5, 0.6) is 0 Å². The van der Waals surface area contributed by atoms with E-state index >= 15 is 0 Å². The maximum atomic E-state index is 11.9. The molecule has 5 nitrogen and oxygen atoms in total. The van der Waals surface area contributed by atoms with E-state index in [2.05, 4.69) is 26.6 Å². The predicted molar refractivity (Wildman–Crippen MR) is 82.2 cm³/mol. The summed E-state index contributed by atoms with van der Waals surface area (Å²) < 4.78 is 0.660. The zero-order valence-corrected chi connectivity index (χ0v) is 13.5. The standard InChI is InChI=1S/C13H16BrClN2O3/c1-3-7(2)11(12(18)19)17-13(20)16-10-6-8(15)4-5-9(10)14/h4-7,11H,3H2,1-2H3,(H,18,19)(H2,16,17,20)/t7-,11-/m0/s1. The Morgan fingerprint density at radius 3 is 2.65 bits per heavy atom. The second-order valence-corrected chi connectivity index (χ2v) is 5.71. The fourth-order valence-electron chi connectivity index (χ4n) is 1.58. The van der Waals surface area contributed by atoms with Crippen LogP contribution in [0, 0.1) is 5.92 Å². The van der Waals surface area contributed by atoms with E-state index in [9.17, 15) is 9.59 Å². The molecular formula is C13H16BrClN2O3. The normalized spacial score (nSPS) is 13.4. The van der Waals surface area contributed by atoms with Gasteiger partial charge in [-0.3, -0.25) is 0 Å². The minimum absolute atomic E-state index is 0.166. The van der Waals surface area contributed by atoms with E-state index in [0.29, 0.717) is 21.6 Å². The Labute approximate surface area is 130 Å². The van der Waals surface area contributed by atoms with Gasteiger partial charge in [0.15, 0.2) is 0 Å². The number of halogens is 2. The van der Waals surface area contributed by atoms with Gasteiger partial charge in [0.25, 0.3) is 0 Å². The molecule has 1 rings (SSSR count). The zero-order chi connectivity index (χ0) is 15.3. The lowest BCUT2D eigenvalue weighted by Gasteiger charge is -2.20. The molecule has 20 heavy (non-hydrogen) atoms. The summed E-state index contributed by atoms with van der Waals surface area (Å²) in [6, 6.07) is 3.43. The summed E-state index contributed by atoms with van der Waals surface area (Å²) in [5.74, 6) is -1.22. The summed E-state index contributed by atoms with van der Waals surface area (Å²) in [6.07, 6.45) is 0.651. The first-order valence-electron chi connectivity index (χ1n) is 6.10. The first-order chi connectivity index (χ1) is 9.35. The van der Waals surface area contributed by atoms with Gasteiger partial charge in [-0.1, -0.05) is 31.9 Å². The number of nitrogens with one attached hydrogen (secondary N) is 2. The largest absolute Gasteiger partial charge is 0.480 e. The van der Waals surface area contributed by atoms with Crippen molar-refractivity contribution in [3.05, 3.63) is 27.7 Å². The van der Waals surface area contributed by atoms with Crippen LogP contribution in [0.4, 0.5) is 10.5 Å². The predicted octanol–water partition coefficient (Wildman–Crippen LogP) is 3.72. The lowest BCUT2D eigenvalue weighted by atomic mass is 9.99. The van der Waals surface area contributed by atoms with Crippen LogP contribution in [0.1, 0.15) is 20.3 Å².